The fourth-order valence-corrected chi connectivity index (χ4v) is 2.95. The number of hydrogen-bond donors (Lipinski definition) is 4. The molecule has 0 aliphatic heterocycles. The normalized spacial score (nSPS) is 13.8. The third kappa shape index (κ3) is 6.47. The van der Waals surface area contributed by atoms with Crippen LogP contribution in [0.4, 0.5) is 0 Å². The number of amides is 2. The van der Waals surface area contributed by atoms with Gasteiger partial charge in [0, 0.05) is 6.04 Å². The van der Waals surface area contributed by atoms with Crippen LogP contribution in [0.25, 0.3) is 0 Å². The second kappa shape index (κ2) is 9.04. The molecule has 0 spiro atoms. The predicted octanol–water partition coefficient (Wildman–Crippen LogP) is 0.729. The smallest absolute Gasteiger partial charge is 0.279 e. The molecule has 5 N–H and O–H groups in total. The average Bonchev–Trinajstić information content (AvgIpc) is 2.97. The Morgan fingerprint density at radius 3 is 2.71 bits per heavy atom. The first-order chi connectivity index (χ1) is 9.91. The zero-order valence-corrected chi connectivity index (χ0v) is 13.7. The zero-order chi connectivity index (χ0) is 15.8. The molecule has 1 unspecified atom stereocenters. The molecule has 1 aromatic rings. The summed E-state index contributed by atoms with van der Waals surface area (Å²) in [4.78, 5) is 23.8. The molecule has 0 bridgehead atoms. The Hall–Kier alpha value is -1.09. The molecule has 1 aromatic heterocycles. The standard InChI is InChI=1S/C13H21N3O3S2/c1-8(2)20-7-5-9(14)11(17)13(19)16-15-12(18)10-4-3-6-21-10/h3-4,6,8-9,11,17H,5,7,14H2,1-2H3,(H,15,18)(H,16,19)/t9-,11?/m1/s1. The Morgan fingerprint density at radius 2 is 2.14 bits per heavy atom. The number of hydrazine groups is 1. The topological polar surface area (TPSA) is 104 Å². The van der Waals surface area contributed by atoms with E-state index in [0.29, 0.717) is 16.5 Å². The van der Waals surface area contributed by atoms with Gasteiger partial charge in [-0.1, -0.05) is 19.9 Å². The van der Waals surface area contributed by atoms with E-state index in [2.05, 4.69) is 24.7 Å². The maximum Gasteiger partial charge on any atom is 0.279 e. The van der Waals surface area contributed by atoms with E-state index in [1.807, 2.05) is 0 Å². The highest BCUT2D eigenvalue weighted by molar-refractivity contribution is 7.99. The van der Waals surface area contributed by atoms with Crippen molar-refractivity contribution < 1.29 is 14.7 Å². The summed E-state index contributed by atoms with van der Waals surface area (Å²) < 4.78 is 0. The van der Waals surface area contributed by atoms with E-state index in [-0.39, 0.29) is 0 Å². The average molecular weight is 331 g/mol. The summed E-state index contributed by atoms with van der Waals surface area (Å²) in [5.41, 5.74) is 10.2. The summed E-state index contributed by atoms with van der Waals surface area (Å²) in [6, 6.07) is 2.71. The first-order valence-corrected chi connectivity index (χ1v) is 8.53. The molecule has 6 nitrogen and oxygen atoms in total. The van der Waals surface area contributed by atoms with Gasteiger partial charge < -0.3 is 10.8 Å². The molecule has 0 saturated heterocycles. The van der Waals surface area contributed by atoms with Crippen LogP contribution in [0.2, 0.25) is 0 Å². The van der Waals surface area contributed by atoms with Gasteiger partial charge in [-0.25, -0.2) is 0 Å². The van der Waals surface area contributed by atoms with Crippen molar-refractivity contribution in [2.45, 2.75) is 37.7 Å². The molecule has 0 saturated carbocycles. The number of thioether (sulfide) groups is 1. The Kier molecular flexibility index (Phi) is 7.73. The van der Waals surface area contributed by atoms with Crippen molar-refractivity contribution in [1.82, 2.24) is 10.9 Å². The number of nitrogens with two attached hydrogens (primary N) is 1. The van der Waals surface area contributed by atoms with Gasteiger partial charge in [-0.3, -0.25) is 20.4 Å². The highest BCUT2D eigenvalue weighted by Crippen LogP contribution is 2.12. The SMILES string of the molecule is CC(C)SCC[C@@H](N)C(O)C(=O)NNC(=O)c1cccs1. The molecule has 0 fully saturated rings. The summed E-state index contributed by atoms with van der Waals surface area (Å²) in [6.45, 7) is 4.14. The van der Waals surface area contributed by atoms with Crippen LogP contribution in [0.5, 0.6) is 0 Å². The van der Waals surface area contributed by atoms with Gasteiger partial charge in [0.25, 0.3) is 11.8 Å². The molecule has 0 aliphatic rings. The first-order valence-electron chi connectivity index (χ1n) is 6.60. The van der Waals surface area contributed by atoms with Crippen LogP contribution < -0.4 is 16.6 Å². The quantitative estimate of drug-likeness (QED) is 0.551. The lowest BCUT2D eigenvalue weighted by atomic mass is 10.1. The zero-order valence-electron chi connectivity index (χ0n) is 12.0. The number of rotatable bonds is 7. The van der Waals surface area contributed by atoms with E-state index >= 15 is 0 Å². The number of aliphatic hydroxyl groups is 1. The van der Waals surface area contributed by atoms with E-state index in [9.17, 15) is 14.7 Å². The molecule has 0 aliphatic carbocycles. The monoisotopic (exact) mass is 331 g/mol. The van der Waals surface area contributed by atoms with Crippen molar-refractivity contribution in [3.63, 3.8) is 0 Å². The van der Waals surface area contributed by atoms with Crippen molar-refractivity contribution in [1.29, 1.82) is 0 Å². The highest BCUT2D eigenvalue weighted by atomic mass is 32.2. The molecule has 118 valence electrons. The Labute approximate surface area is 132 Å². The number of nitrogens with one attached hydrogen (secondary N) is 2. The van der Waals surface area contributed by atoms with E-state index in [4.69, 9.17) is 5.73 Å². The van der Waals surface area contributed by atoms with E-state index in [1.54, 1.807) is 29.3 Å². The molecule has 21 heavy (non-hydrogen) atoms. The van der Waals surface area contributed by atoms with Gasteiger partial charge in [-0.05, 0) is 28.9 Å². The number of aliphatic hydroxyl groups excluding tert-OH is 1. The van der Waals surface area contributed by atoms with Crippen molar-refractivity contribution in [2.75, 3.05) is 5.75 Å². The van der Waals surface area contributed by atoms with Crippen molar-refractivity contribution in [2.24, 2.45) is 5.73 Å². The molecule has 2 amide bonds. The lowest BCUT2D eigenvalue weighted by Gasteiger charge is -2.18. The summed E-state index contributed by atoms with van der Waals surface area (Å²) >= 11 is 2.97. The van der Waals surface area contributed by atoms with Crippen LogP contribution in [-0.4, -0.2) is 40.1 Å². The van der Waals surface area contributed by atoms with Gasteiger partial charge in [-0.2, -0.15) is 11.8 Å². The summed E-state index contributed by atoms with van der Waals surface area (Å²) in [6.07, 6.45) is -0.822. The second-order valence-electron chi connectivity index (χ2n) is 4.74. The molecule has 8 heteroatoms. The third-order valence-electron chi connectivity index (χ3n) is 2.62. The van der Waals surface area contributed by atoms with E-state index < -0.39 is 24.0 Å². The van der Waals surface area contributed by atoms with Crippen molar-refractivity contribution in [3.8, 4) is 0 Å². The molecule has 0 aromatic carbocycles. The molecule has 1 heterocycles. The van der Waals surface area contributed by atoms with Gasteiger partial charge in [0.2, 0.25) is 0 Å². The van der Waals surface area contributed by atoms with Crippen LogP contribution >= 0.6 is 23.1 Å². The van der Waals surface area contributed by atoms with Crippen LogP contribution in [0, 0.1) is 0 Å². The van der Waals surface area contributed by atoms with Crippen LogP contribution in [-0.2, 0) is 4.79 Å². The van der Waals surface area contributed by atoms with Gasteiger partial charge in [0.15, 0.2) is 0 Å². The molecule has 2 atom stereocenters. The lowest BCUT2D eigenvalue weighted by molar-refractivity contribution is -0.131. The Morgan fingerprint density at radius 1 is 1.43 bits per heavy atom. The maximum absolute atomic E-state index is 11.7. The van der Waals surface area contributed by atoms with Gasteiger partial charge in [0.05, 0.1) is 4.88 Å². The van der Waals surface area contributed by atoms with Crippen molar-refractivity contribution in [3.05, 3.63) is 22.4 Å². The lowest BCUT2D eigenvalue weighted by Crippen LogP contribution is -2.52. The van der Waals surface area contributed by atoms with Gasteiger partial charge in [0.1, 0.15) is 6.10 Å². The summed E-state index contributed by atoms with van der Waals surface area (Å²) in [5, 5.41) is 12.0. The van der Waals surface area contributed by atoms with Crippen LogP contribution in [0.15, 0.2) is 17.5 Å². The number of carbonyl (C=O) groups excluding carboxylic acids is 2. The highest BCUT2D eigenvalue weighted by Gasteiger charge is 2.23. The molecular weight excluding hydrogens is 310 g/mol. The Balaban J connectivity index is 2.31. The summed E-state index contributed by atoms with van der Waals surface area (Å²) in [7, 11) is 0. The van der Waals surface area contributed by atoms with Crippen LogP contribution in [0.3, 0.4) is 0 Å². The van der Waals surface area contributed by atoms with E-state index in [1.165, 1.54) is 11.3 Å². The second-order valence-corrected chi connectivity index (χ2v) is 7.37. The number of hydrogen-bond acceptors (Lipinski definition) is 6. The summed E-state index contributed by atoms with van der Waals surface area (Å²) in [5.74, 6) is -0.360. The van der Waals surface area contributed by atoms with Crippen LogP contribution in [0.1, 0.15) is 29.9 Å². The molecule has 1 rings (SSSR count). The fraction of sp³-hybridized carbons (Fsp3) is 0.538. The minimum Gasteiger partial charge on any atom is -0.382 e. The number of thiophene rings is 1. The molecular formula is C13H21N3O3S2. The van der Waals surface area contributed by atoms with Gasteiger partial charge >= 0.3 is 0 Å². The minimum atomic E-state index is -1.35. The van der Waals surface area contributed by atoms with E-state index in [0.717, 1.165) is 5.75 Å². The number of carbonyl (C=O) groups is 2. The third-order valence-corrected chi connectivity index (χ3v) is 4.63. The maximum atomic E-state index is 11.7. The van der Waals surface area contributed by atoms with Gasteiger partial charge in [-0.15, -0.1) is 11.3 Å². The first kappa shape index (κ1) is 18.0. The minimum absolute atomic E-state index is 0.422. The largest absolute Gasteiger partial charge is 0.382 e. The van der Waals surface area contributed by atoms with Crippen molar-refractivity contribution >= 4 is 34.9 Å². The predicted molar refractivity (Wildman–Crippen MR) is 86.1 cm³/mol. The Bertz CT molecular complexity index is 452. The fourth-order valence-electron chi connectivity index (χ4n) is 1.45. The molecule has 0 radical (unpaired) electrons.